The molecule has 0 bridgehead atoms. The highest BCUT2D eigenvalue weighted by Gasteiger charge is 2.23. The van der Waals surface area contributed by atoms with Crippen LogP contribution in [-0.4, -0.2) is 34.3 Å². The Balaban J connectivity index is 1.88. The summed E-state index contributed by atoms with van der Waals surface area (Å²) >= 11 is 0. The van der Waals surface area contributed by atoms with E-state index in [0.29, 0.717) is 11.3 Å². The van der Waals surface area contributed by atoms with Crippen LogP contribution < -0.4 is 13.8 Å². The van der Waals surface area contributed by atoms with Crippen LogP contribution in [0, 0.1) is 6.92 Å². The summed E-state index contributed by atoms with van der Waals surface area (Å²) in [5.41, 5.74) is 1.98. The molecule has 166 valence electrons. The van der Waals surface area contributed by atoms with Gasteiger partial charge in [-0.15, -0.1) is 0 Å². The fourth-order valence-corrected chi connectivity index (χ4v) is 4.21. The molecular weight excluding hydrogens is 430 g/mol. The maximum Gasteiger partial charge on any atom is 0.343 e. The van der Waals surface area contributed by atoms with Crippen molar-refractivity contribution < 1.29 is 27.5 Å². The lowest BCUT2D eigenvalue weighted by molar-refractivity contribution is 0.0729. The summed E-state index contributed by atoms with van der Waals surface area (Å²) in [7, 11) is -1.05. The van der Waals surface area contributed by atoms with Crippen molar-refractivity contribution in [2.75, 3.05) is 18.5 Å². The maximum atomic E-state index is 13.1. The molecule has 0 spiro atoms. The molecule has 0 unspecified atom stereocenters. The van der Waals surface area contributed by atoms with Gasteiger partial charge < -0.3 is 9.47 Å². The molecule has 0 saturated carbocycles. The van der Waals surface area contributed by atoms with Crippen molar-refractivity contribution in [3.8, 4) is 11.5 Å². The summed E-state index contributed by atoms with van der Waals surface area (Å²) in [4.78, 5) is 24.2. The van der Waals surface area contributed by atoms with E-state index in [4.69, 9.17) is 9.47 Å². The first kappa shape index (κ1) is 23.0. The van der Waals surface area contributed by atoms with Crippen molar-refractivity contribution in [1.82, 2.24) is 0 Å². The first-order valence-electron chi connectivity index (χ1n) is 9.70. The minimum atomic E-state index is -3.90. The largest absolute Gasteiger partial charge is 0.493 e. The average molecular weight is 454 g/mol. The number of Topliss-reactive ketones (excluding diaryl/α,β-unsaturated/α-hetero) is 1. The molecule has 0 aromatic heterocycles. The van der Waals surface area contributed by atoms with Crippen LogP contribution in [0.1, 0.15) is 33.2 Å². The van der Waals surface area contributed by atoms with Gasteiger partial charge in [0.2, 0.25) is 0 Å². The number of hydrogen-bond donors (Lipinski definition) is 0. The van der Waals surface area contributed by atoms with E-state index in [1.165, 1.54) is 63.5 Å². The molecule has 0 saturated heterocycles. The van der Waals surface area contributed by atoms with Gasteiger partial charge in [-0.1, -0.05) is 23.8 Å². The van der Waals surface area contributed by atoms with Crippen molar-refractivity contribution in [1.29, 1.82) is 0 Å². The SMILES string of the molecule is COc1cc(C(C)=O)ccc1OC(=O)c1cccc(S(=O)(=O)N(C)c2ccc(C)cc2)c1. The molecule has 7 nitrogen and oxygen atoms in total. The summed E-state index contributed by atoms with van der Waals surface area (Å²) in [6.07, 6.45) is 0. The van der Waals surface area contributed by atoms with Crippen LogP contribution in [0.4, 0.5) is 5.69 Å². The molecule has 0 aliphatic rings. The Kier molecular flexibility index (Phi) is 6.64. The van der Waals surface area contributed by atoms with Crippen LogP contribution in [0.15, 0.2) is 71.6 Å². The Morgan fingerprint density at radius 1 is 0.875 bits per heavy atom. The number of ketones is 1. The van der Waals surface area contributed by atoms with E-state index < -0.39 is 16.0 Å². The van der Waals surface area contributed by atoms with Gasteiger partial charge in [-0.2, -0.15) is 0 Å². The highest BCUT2D eigenvalue weighted by molar-refractivity contribution is 7.92. The second-order valence-electron chi connectivity index (χ2n) is 7.15. The predicted molar refractivity (Wildman–Crippen MR) is 121 cm³/mol. The van der Waals surface area contributed by atoms with Crippen molar-refractivity contribution in [3.63, 3.8) is 0 Å². The van der Waals surface area contributed by atoms with Gasteiger partial charge in [-0.3, -0.25) is 9.10 Å². The second-order valence-corrected chi connectivity index (χ2v) is 9.12. The van der Waals surface area contributed by atoms with Gasteiger partial charge >= 0.3 is 5.97 Å². The lowest BCUT2D eigenvalue weighted by atomic mass is 10.1. The first-order chi connectivity index (χ1) is 15.1. The third-order valence-electron chi connectivity index (χ3n) is 4.90. The van der Waals surface area contributed by atoms with Crippen LogP contribution in [0.5, 0.6) is 11.5 Å². The molecule has 0 atom stereocenters. The zero-order valence-electron chi connectivity index (χ0n) is 18.2. The number of methoxy groups -OCH3 is 1. The molecule has 32 heavy (non-hydrogen) atoms. The minimum absolute atomic E-state index is 0.0473. The quantitative estimate of drug-likeness (QED) is 0.302. The van der Waals surface area contributed by atoms with Crippen LogP contribution in [0.2, 0.25) is 0 Å². The van der Waals surface area contributed by atoms with Crippen LogP contribution in [0.25, 0.3) is 0 Å². The van der Waals surface area contributed by atoms with Gasteiger partial charge in [0.25, 0.3) is 10.0 Å². The van der Waals surface area contributed by atoms with E-state index in [1.54, 1.807) is 12.1 Å². The summed E-state index contributed by atoms with van der Waals surface area (Å²) < 4.78 is 37.9. The Morgan fingerprint density at radius 2 is 1.56 bits per heavy atom. The Morgan fingerprint density at radius 3 is 2.19 bits per heavy atom. The standard InChI is InChI=1S/C24H23NO6S/c1-16-8-11-20(12-9-16)25(3)32(28,29)21-7-5-6-19(14-21)24(27)31-22-13-10-18(17(2)26)15-23(22)30-4/h5-15H,1-4H3. The number of ether oxygens (including phenoxy) is 2. The number of carbonyl (C=O) groups excluding carboxylic acids is 2. The summed E-state index contributed by atoms with van der Waals surface area (Å²) in [5.74, 6) is -0.577. The number of carbonyl (C=O) groups is 2. The summed E-state index contributed by atoms with van der Waals surface area (Å²) in [6.45, 7) is 3.33. The molecule has 3 rings (SSSR count). The van der Waals surface area contributed by atoms with Crippen LogP contribution in [0.3, 0.4) is 0 Å². The van der Waals surface area contributed by atoms with Gasteiger partial charge in [-0.05, 0) is 62.4 Å². The van der Waals surface area contributed by atoms with Crippen molar-refractivity contribution >= 4 is 27.5 Å². The van der Waals surface area contributed by atoms with Gasteiger partial charge in [0.1, 0.15) is 0 Å². The molecule has 3 aromatic rings. The molecule has 0 heterocycles. The molecule has 8 heteroatoms. The normalized spacial score (nSPS) is 11.0. The Hall–Kier alpha value is -3.65. The highest BCUT2D eigenvalue weighted by atomic mass is 32.2. The van der Waals surface area contributed by atoms with Crippen molar-refractivity contribution in [2.45, 2.75) is 18.7 Å². The monoisotopic (exact) mass is 453 g/mol. The van der Waals surface area contributed by atoms with Crippen molar-refractivity contribution in [2.24, 2.45) is 0 Å². The molecule has 3 aromatic carbocycles. The number of anilines is 1. The molecule has 0 radical (unpaired) electrons. The lowest BCUT2D eigenvalue weighted by Crippen LogP contribution is -2.26. The molecule has 0 fully saturated rings. The number of aryl methyl sites for hydroxylation is 1. The highest BCUT2D eigenvalue weighted by Crippen LogP contribution is 2.29. The Bertz CT molecular complexity index is 1270. The van der Waals surface area contributed by atoms with E-state index in [1.807, 2.05) is 19.1 Å². The van der Waals surface area contributed by atoms with E-state index in [2.05, 4.69) is 0 Å². The summed E-state index contributed by atoms with van der Waals surface area (Å²) in [5, 5.41) is 0. The van der Waals surface area contributed by atoms with Gasteiger partial charge in [0.05, 0.1) is 23.3 Å². The van der Waals surface area contributed by atoms with Crippen LogP contribution in [-0.2, 0) is 10.0 Å². The molecule has 0 aliphatic heterocycles. The number of esters is 1. The topological polar surface area (TPSA) is 90.0 Å². The summed E-state index contributed by atoms with van der Waals surface area (Å²) in [6, 6.07) is 17.1. The fraction of sp³-hybridized carbons (Fsp3) is 0.167. The molecule has 0 aliphatic carbocycles. The number of nitrogens with zero attached hydrogens (tertiary/aromatic N) is 1. The third kappa shape index (κ3) is 4.81. The first-order valence-corrected chi connectivity index (χ1v) is 11.1. The number of hydrogen-bond acceptors (Lipinski definition) is 6. The second kappa shape index (κ2) is 9.23. The zero-order chi connectivity index (χ0) is 23.5. The molecule has 0 N–H and O–H groups in total. The van der Waals surface area contributed by atoms with E-state index in [9.17, 15) is 18.0 Å². The van der Waals surface area contributed by atoms with E-state index in [-0.39, 0.29) is 27.7 Å². The molecule has 0 amide bonds. The molecular formula is C24H23NO6S. The number of benzene rings is 3. The predicted octanol–water partition coefficient (Wildman–Crippen LogP) is 4.25. The van der Waals surface area contributed by atoms with E-state index >= 15 is 0 Å². The van der Waals surface area contributed by atoms with Gasteiger partial charge in [0.15, 0.2) is 17.3 Å². The zero-order valence-corrected chi connectivity index (χ0v) is 19.0. The smallest absolute Gasteiger partial charge is 0.343 e. The number of rotatable bonds is 7. The van der Waals surface area contributed by atoms with Crippen molar-refractivity contribution in [3.05, 3.63) is 83.4 Å². The fourth-order valence-electron chi connectivity index (χ4n) is 2.96. The third-order valence-corrected chi connectivity index (χ3v) is 6.68. The maximum absolute atomic E-state index is 13.1. The Labute approximate surface area is 187 Å². The van der Waals surface area contributed by atoms with E-state index in [0.717, 1.165) is 9.87 Å². The van der Waals surface area contributed by atoms with Crippen LogP contribution >= 0.6 is 0 Å². The number of sulfonamides is 1. The van der Waals surface area contributed by atoms with Gasteiger partial charge in [0, 0.05) is 12.6 Å². The average Bonchev–Trinajstić information content (AvgIpc) is 2.79. The van der Waals surface area contributed by atoms with Gasteiger partial charge in [-0.25, -0.2) is 13.2 Å². The minimum Gasteiger partial charge on any atom is -0.493 e. The lowest BCUT2D eigenvalue weighted by Gasteiger charge is -2.20.